The van der Waals surface area contributed by atoms with Crippen LogP contribution in [0.15, 0.2) is 53.0 Å². The van der Waals surface area contributed by atoms with Gasteiger partial charge in [-0.25, -0.2) is 4.39 Å². The van der Waals surface area contributed by atoms with E-state index < -0.39 is 17.8 Å². The van der Waals surface area contributed by atoms with E-state index in [0.29, 0.717) is 4.47 Å². The van der Waals surface area contributed by atoms with E-state index in [2.05, 4.69) is 21.2 Å². The van der Waals surface area contributed by atoms with Gasteiger partial charge in [-0.15, -0.1) is 0 Å². The minimum absolute atomic E-state index is 0.208. The van der Waals surface area contributed by atoms with Crippen LogP contribution >= 0.6 is 15.9 Å². The van der Waals surface area contributed by atoms with Crippen LogP contribution < -0.4 is 5.32 Å². The molecule has 0 saturated heterocycles. The third-order valence-electron chi connectivity index (χ3n) is 2.87. The molecule has 0 bridgehead atoms. The second-order valence-corrected chi connectivity index (χ2v) is 5.10. The maximum Gasteiger partial charge on any atom is 0.251 e. The fraction of sp³-hybridized carbons (Fsp3) is 0.133. The maximum absolute atomic E-state index is 13.4. The molecular formula is C15H13BrFNO2. The number of hydrogen-bond donors (Lipinski definition) is 2. The minimum atomic E-state index is -0.518. The van der Waals surface area contributed by atoms with Crippen molar-refractivity contribution in [2.24, 2.45) is 0 Å². The van der Waals surface area contributed by atoms with E-state index >= 15 is 0 Å². The molecule has 5 heteroatoms. The Bertz CT molecular complexity index is 604. The van der Waals surface area contributed by atoms with Crippen molar-refractivity contribution in [2.45, 2.75) is 6.04 Å². The number of rotatable bonds is 4. The average molecular weight is 338 g/mol. The lowest BCUT2D eigenvalue weighted by atomic mass is 10.1. The Kier molecular flexibility index (Phi) is 4.87. The molecule has 20 heavy (non-hydrogen) atoms. The van der Waals surface area contributed by atoms with E-state index in [1.165, 1.54) is 12.1 Å². The van der Waals surface area contributed by atoms with E-state index in [9.17, 15) is 14.3 Å². The van der Waals surface area contributed by atoms with Crippen molar-refractivity contribution in [3.05, 3.63) is 69.9 Å². The first-order chi connectivity index (χ1) is 9.61. The van der Waals surface area contributed by atoms with E-state index in [-0.39, 0.29) is 12.2 Å². The molecule has 0 unspecified atom stereocenters. The SMILES string of the molecule is O=C(N[C@@H](CO)c1ccccc1)c1ccc(Br)c(F)c1. The molecule has 104 valence electrons. The molecule has 2 N–H and O–H groups in total. The number of carbonyl (C=O) groups is 1. The van der Waals surface area contributed by atoms with Gasteiger partial charge >= 0.3 is 0 Å². The highest BCUT2D eigenvalue weighted by molar-refractivity contribution is 9.10. The standard InChI is InChI=1S/C15H13BrFNO2/c16-12-7-6-11(8-13(12)17)15(20)18-14(9-19)10-4-2-1-3-5-10/h1-8,14,19H,9H2,(H,18,20)/t14-/m0/s1. The summed E-state index contributed by atoms with van der Waals surface area (Å²) in [4.78, 5) is 12.0. The summed E-state index contributed by atoms with van der Waals surface area (Å²) >= 11 is 3.03. The average Bonchev–Trinajstić information content (AvgIpc) is 2.48. The van der Waals surface area contributed by atoms with Gasteiger partial charge in [0.1, 0.15) is 5.82 Å². The molecule has 0 aliphatic carbocycles. The summed E-state index contributed by atoms with van der Waals surface area (Å²) < 4.78 is 13.7. The van der Waals surface area contributed by atoms with Gasteiger partial charge in [0, 0.05) is 5.56 Å². The first-order valence-electron chi connectivity index (χ1n) is 6.03. The third-order valence-corrected chi connectivity index (χ3v) is 3.51. The molecule has 1 atom stereocenters. The van der Waals surface area contributed by atoms with E-state index in [0.717, 1.165) is 11.6 Å². The number of halogens is 2. The Hall–Kier alpha value is -1.72. The summed E-state index contributed by atoms with van der Waals surface area (Å²) in [7, 11) is 0. The van der Waals surface area contributed by atoms with Gasteiger partial charge < -0.3 is 10.4 Å². The topological polar surface area (TPSA) is 49.3 Å². The number of benzene rings is 2. The summed E-state index contributed by atoms with van der Waals surface area (Å²) in [6, 6.07) is 12.7. The molecule has 2 rings (SSSR count). The normalized spacial score (nSPS) is 11.9. The molecule has 0 fully saturated rings. The van der Waals surface area contributed by atoms with Crippen LogP contribution in [0.1, 0.15) is 22.0 Å². The molecule has 0 aliphatic rings. The van der Waals surface area contributed by atoms with Crippen molar-refractivity contribution >= 4 is 21.8 Å². The highest BCUT2D eigenvalue weighted by Crippen LogP contribution is 2.17. The number of amides is 1. The van der Waals surface area contributed by atoms with E-state index in [1.807, 2.05) is 30.3 Å². The molecule has 0 spiro atoms. The van der Waals surface area contributed by atoms with Gasteiger partial charge in [0.05, 0.1) is 17.1 Å². The number of aliphatic hydroxyl groups excluding tert-OH is 1. The summed E-state index contributed by atoms with van der Waals surface area (Å²) in [6.45, 7) is -0.227. The summed E-state index contributed by atoms with van der Waals surface area (Å²) in [5.41, 5.74) is 1.00. The first kappa shape index (κ1) is 14.7. The zero-order valence-electron chi connectivity index (χ0n) is 10.5. The molecule has 3 nitrogen and oxygen atoms in total. The summed E-state index contributed by atoms with van der Waals surface area (Å²) in [5.74, 6) is -0.933. The van der Waals surface area contributed by atoms with Crippen molar-refractivity contribution in [3.63, 3.8) is 0 Å². The smallest absolute Gasteiger partial charge is 0.251 e. The zero-order chi connectivity index (χ0) is 14.5. The van der Waals surface area contributed by atoms with Crippen molar-refractivity contribution in [1.82, 2.24) is 5.32 Å². The van der Waals surface area contributed by atoms with Crippen LogP contribution in [0, 0.1) is 5.82 Å². The van der Waals surface area contributed by atoms with Crippen molar-refractivity contribution < 1.29 is 14.3 Å². The second-order valence-electron chi connectivity index (χ2n) is 4.25. The van der Waals surface area contributed by atoms with Crippen LogP contribution in [0.2, 0.25) is 0 Å². The highest BCUT2D eigenvalue weighted by atomic mass is 79.9. The van der Waals surface area contributed by atoms with Crippen LogP contribution in [-0.4, -0.2) is 17.6 Å². The van der Waals surface area contributed by atoms with Crippen LogP contribution in [0.25, 0.3) is 0 Å². The molecule has 0 radical (unpaired) electrons. The molecule has 0 aliphatic heterocycles. The van der Waals surface area contributed by atoms with Gasteiger partial charge in [-0.3, -0.25) is 4.79 Å². The lowest BCUT2D eigenvalue weighted by Crippen LogP contribution is -2.30. The first-order valence-corrected chi connectivity index (χ1v) is 6.83. The van der Waals surface area contributed by atoms with Gasteiger partial charge in [0.2, 0.25) is 0 Å². The molecular weight excluding hydrogens is 325 g/mol. The highest BCUT2D eigenvalue weighted by Gasteiger charge is 2.15. The second kappa shape index (κ2) is 6.63. The number of nitrogens with one attached hydrogen (secondary N) is 1. The molecule has 2 aromatic rings. The molecule has 0 heterocycles. The van der Waals surface area contributed by atoms with Crippen LogP contribution in [0.5, 0.6) is 0 Å². The Morgan fingerprint density at radius 3 is 2.55 bits per heavy atom. The van der Waals surface area contributed by atoms with Gasteiger partial charge in [0.15, 0.2) is 0 Å². The van der Waals surface area contributed by atoms with Crippen molar-refractivity contribution in [2.75, 3.05) is 6.61 Å². The van der Waals surface area contributed by atoms with Crippen molar-refractivity contribution in [1.29, 1.82) is 0 Å². The Morgan fingerprint density at radius 1 is 1.25 bits per heavy atom. The van der Waals surface area contributed by atoms with E-state index in [4.69, 9.17) is 0 Å². The molecule has 0 aromatic heterocycles. The van der Waals surface area contributed by atoms with Gasteiger partial charge in [0.25, 0.3) is 5.91 Å². The number of carbonyl (C=O) groups excluding carboxylic acids is 1. The van der Waals surface area contributed by atoms with Crippen LogP contribution in [0.3, 0.4) is 0 Å². The minimum Gasteiger partial charge on any atom is -0.394 e. The quantitative estimate of drug-likeness (QED) is 0.900. The summed E-state index contributed by atoms with van der Waals surface area (Å²) in [5, 5.41) is 12.1. The zero-order valence-corrected chi connectivity index (χ0v) is 12.1. The Morgan fingerprint density at radius 2 is 1.95 bits per heavy atom. The largest absolute Gasteiger partial charge is 0.394 e. The van der Waals surface area contributed by atoms with Crippen molar-refractivity contribution in [3.8, 4) is 0 Å². The molecule has 2 aromatic carbocycles. The van der Waals surface area contributed by atoms with Crippen LogP contribution in [0.4, 0.5) is 4.39 Å². The summed E-state index contributed by atoms with van der Waals surface area (Å²) in [6.07, 6.45) is 0. The predicted molar refractivity (Wildman–Crippen MR) is 77.8 cm³/mol. The van der Waals surface area contributed by atoms with Gasteiger partial charge in [-0.1, -0.05) is 30.3 Å². The Labute approximate surface area is 124 Å². The number of hydrogen-bond acceptors (Lipinski definition) is 2. The fourth-order valence-corrected chi connectivity index (χ4v) is 2.05. The molecule has 0 saturated carbocycles. The van der Waals surface area contributed by atoms with Gasteiger partial charge in [-0.2, -0.15) is 0 Å². The lowest BCUT2D eigenvalue weighted by molar-refractivity contribution is 0.0915. The lowest BCUT2D eigenvalue weighted by Gasteiger charge is -2.16. The van der Waals surface area contributed by atoms with Gasteiger partial charge in [-0.05, 0) is 39.7 Å². The number of aliphatic hydroxyl groups is 1. The van der Waals surface area contributed by atoms with Crippen LogP contribution in [-0.2, 0) is 0 Å². The predicted octanol–water partition coefficient (Wildman–Crippen LogP) is 3.05. The fourth-order valence-electron chi connectivity index (χ4n) is 1.80. The van der Waals surface area contributed by atoms with E-state index in [1.54, 1.807) is 0 Å². The monoisotopic (exact) mass is 337 g/mol. The maximum atomic E-state index is 13.4. The molecule has 1 amide bonds. The third kappa shape index (κ3) is 3.43. The Balaban J connectivity index is 2.15.